The molecular formula is C21H22N2O4. The molecule has 0 spiro atoms. The fourth-order valence-electron chi connectivity index (χ4n) is 3.19. The number of esters is 1. The quantitative estimate of drug-likeness (QED) is 0.651. The first-order valence-electron chi connectivity index (χ1n) is 8.61. The van der Waals surface area contributed by atoms with E-state index in [4.69, 9.17) is 9.57 Å². The zero-order valence-corrected chi connectivity index (χ0v) is 15.6. The number of carbonyl (C=O) groups is 2. The van der Waals surface area contributed by atoms with Crippen molar-refractivity contribution in [1.82, 2.24) is 10.4 Å². The summed E-state index contributed by atoms with van der Waals surface area (Å²) in [7, 11) is 2.78. The number of nitrogens with zero attached hydrogens (tertiary/aromatic N) is 1. The van der Waals surface area contributed by atoms with Gasteiger partial charge in [-0.2, -0.15) is 0 Å². The molecular weight excluding hydrogens is 344 g/mol. The van der Waals surface area contributed by atoms with Crippen LogP contribution < -0.4 is 5.48 Å². The number of rotatable bonds is 5. The standard InChI is InChI=1S/C21H22N2O4/c1-14-6-4-5-7-18(14)15-8-10-16(11-9-15)20(24)23-13-17(22-27-3)12-19(23)21(25)26-2/h4-11,13,19,22H,12H2,1-3H3/t19-/m0/s1. The zero-order chi connectivity index (χ0) is 19.4. The maximum absolute atomic E-state index is 12.9. The number of aryl methyl sites for hydroxylation is 1. The van der Waals surface area contributed by atoms with Crippen LogP contribution in [0.2, 0.25) is 0 Å². The highest BCUT2D eigenvalue weighted by molar-refractivity contribution is 5.98. The third-order valence-electron chi connectivity index (χ3n) is 4.57. The number of benzene rings is 2. The number of ether oxygens (including phenoxy) is 1. The average Bonchev–Trinajstić information content (AvgIpc) is 3.11. The molecule has 0 unspecified atom stereocenters. The van der Waals surface area contributed by atoms with Crippen LogP contribution in [-0.2, 0) is 14.4 Å². The summed E-state index contributed by atoms with van der Waals surface area (Å²) in [6.45, 7) is 2.05. The van der Waals surface area contributed by atoms with Crippen LogP contribution in [0.3, 0.4) is 0 Å². The highest BCUT2D eigenvalue weighted by Crippen LogP contribution is 2.26. The van der Waals surface area contributed by atoms with E-state index in [0.717, 1.165) is 11.1 Å². The van der Waals surface area contributed by atoms with E-state index in [0.29, 0.717) is 17.7 Å². The van der Waals surface area contributed by atoms with Gasteiger partial charge in [0.15, 0.2) is 0 Å². The van der Waals surface area contributed by atoms with Gasteiger partial charge in [-0.3, -0.25) is 20.0 Å². The molecule has 140 valence electrons. The van der Waals surface area contributed by atoms with Crippen molar-refractivity contribution in [3.63, 3.8) is 0 Å². The average molecular weight is 366 g/mol. The van der Waals surface area contributed by atoms with Gasteiger partial charge < -0.3 is 4.74 Å². The highest BCUT2D eigenvalue weighted by Gasteiger charge is 2.36. The lowest BCUT2D eigenvalue weighted by atomic mass is 9.99. The van der Waals surface area contributed by atoms with Gasteiger partial charge in [0, 0.05) is 18.2 Å². The summed E-state index contributed by atoms with van der Waals surface area (Å²) in [6.07, 6.45) is 1.90. The van der Waals surface area contributed by atoms with Gasteiger partial charge in [0.1, 0.15) is 6.04 Å². The SMILES string of the molecule is CONC1=CN(C(=O)c2ccc(-c3ccccc3C)cc2)[C@H](C(=O)OC)C1. The molecule has 0 fully saturated rings. The molecule has 0 saturated carbocycles. The van der Waals surface area contributed by atoms with E-state index in [1.807, 2.05) is 30.3 Å². The van der Waals surface area contributed by atoms with Crippen molar-refractivity contribution < 1.29 is 19.2 Å². The van der Waals surface area contributed by atoms with Gasteiger partial charge in [-0.15, -0.1) is 0 Å². The Bertz CT molecular complexity index is 874. The molecule has 6 heteroatoms. The minimum Gasteiger partial charge on any atom is -0.467 e. The first kappa shape index (κ1) is 18.7. The molecule has 6 nitrogen and oxygen atoms in total. The van der Waals surface area contributed by atoms with Crippen LogP contribution in [0.25, 0.3) is 11.1 Å². The zero-order valence-electron chi connectivity index (χ0n) is 15.6. The van der Waals surface area contributed by atoms with E-state index in [9.17, 15) is 9.59 Å². The largest absolute Gasteiger partial charge is 0.467 e. The van der Waals surface area contributed by atoms with Crippen molar-refractivity contribution in [3.05, 3.63) is 71.6 Å². The number of nitrogens with one attached hydrogen (secondary N) is 1. The van der Waals surface area contributed by atoms with E-state index in [1.54, 1.807) is 18.3 Å². The molecule has 0 aliphatic carbocycles. The number of carbonyl (C=O) groups excluding carboxylic acids is 2. The van der Waals surface area contributed by atoms with Crippen molar-refractivity contribution in [3.8, 4) is 11.1 Å². The summed E-state index contributed by atoms with van der Waals surface area (Å²) in [6, 6.07) is 14.7. The van der Waals surface area contributed by atoms with Crippen molar-refractivity contribution in [1.29, 1.82) is 0 Å². The highest BCUT2D eigenvalue weighted by atomic mass is 16.6. The van der Waals surface area contributed by atoms with E-state index < -0.39 is 12.0 Å². The molecule has 1 heterocycles. The predicted molar refractivity (Wildman–Crippen MR) is 101 cm³/mol. The molecule has 0 radical (unpaired) electrons. The van der Waals surface area contributed by atoms with E-state index >= 15 is 0 Å². The third-order valence-corrected chi connectivity index (χ3v) is 4.57. The smallest absolute Gasteiger partial charge is 0.329 e. The first-order chi connectivity index (χ1) is 13.0. The van der Waals surface area contributed by atoms with Gasteiger partial charge in [-0.25, -0.2) is 4.79 Å². The summed E-state index contributed by atoms with van der Waals surface area (Å²) in [5, 5.41) is 0. The number of hydrogen-bond donors (Lipinski definition) is 1. The summed E-state index contributed by atoms with van der Waals surface area (Å²) in [4.78, 5) is 31.3. The maximum atomic E-state index is 12.9. The van der Waals surface area contributed by atoms with Crippen LogP contribution in [0.4, 0.5) is 0 Å². The number of methoxy groups -OCH3 is 1. The van der Waals surface area contributed by atoms with E-state index in [-0.39, 0.29) is 5.91 Å². The Balaban J connectivity index is 1.85. The second-order valence-electron chi connectivity index (χ2n) is 6.31. The summed E-state index contributed by atoms with van der Waals surface area (Å²) in [5.74, 6) is -0.737. The van der Waals surface area contributed by atoms with Gasteiger partial charge in [0.05, 0.1) is 19.9 Å². The van der Waals surface area contributed by atoms with Gasteiger partial charge in [-0.05, 0) is 35.7 Å². The van der Waals surface area contributed by atoms with Crippen LogP contribution in [-0.4, -0.2) is 37.0 Å². The van der Waals surface area contributed by atoms with Gasteiger partial charge in [-0.1, -0.05) is 36.4 Å². The van der Waals surface area contributed by atoms with Gasteiger partial charge in [0.2, 0.25) is 0 Å². The second kappa shape index (κ2) is 8.05. The van der Waals surface area contributed by atoms with Crippen LogP contribution in [0.5, 0.6) is 0 Å². The van der Waals surface area contributed by atoms with Gasteiger partial charge in [0.25, 0.3) is 5.91 Å². The Hall–Kier alpha value is -3.12. The molecule has 0 bridgehead atoms. The fourth-order valence-corrected chi connectivity index (χ4v) is 3.19. The maximum Gasteiger partial charge on any atom is 0.329 e. The molecule has 1 atom stereocenters. The van der Waals surface area contributed by atoms with Crippen LogP contribution in [0.1, 0.15) is 22.3 Å². The monoisotopic (exact) mass is 366 g/mol. The number of hydrogen-bond acceptors (Lipinski definition) is 5. The topological polar surface area (TPSA) is 67.9 Å². The number of amides is 1. The molecule has 2 aromatic rings. The molecule has 1 amide bonds. The molecule has 1 N–H and O–H groups in total. The van der Waals surface area contributed by atoms with Crippen molar-refractivity contribution in [2.24, 2.45) is 0 Å². The molecule has 0 saturated heterocycles. The van der Waals surface area contributed by atoms with Gasteiger partial charge >= 0.3 is 5.97 Å². The lowest BCUT2D eigenvalue weighted by Crippen LogP contribution is -2.39. The minimum absolute atomic E-state index is 0.269. The molecule has 27 heavy (non-hydrogen) atoms. The Morgan fingerprint density at radius 2 is 1.78 bits per heavy atom. The Labute approximate surface area is 158 Å². The molecule has 2 aromatic carbocycles. The van der Waals surface area contributed by atoms with Crippen molar-refractivity contribution in [2.75, 3.05) is 14.2 Å². The van der Waals surface area contributed by atoms with Crippen molar-refractivity contribution >= 4 is 11.9 Å². The summed E-state index contributed by atoms with van der Waals surface area (Å²) < 4.78 is 4.83. The molecule has 0 aromatic heterocycles. The lowest BCUT2D eigenvalue weighted by molar-refractivity contribution is -0.144. The van der Waals surface area contributed by atoms with Crippen molar-refractivity contribution in [2.45, 2.75) is 19.4 Å². The Morgan fingerprint density at radius 1 is 1.07 bits per heavy atom. The van der Waals surface area contributed by atoms with Crippen LogP contribution in [0.15, 0.2) is 60.4 Å². The van der Waals surface area contributed by atoms with E-state index in [1.165, 1.54) is 24.7 Å². The third kappa shape index (κ3) is 3.85. The second-order valence-corrected chi connectivity index (χ2v) is 6.31. The summed E-state index contributed by atoms with van der Waals surface area (Å²) >= 11 is 0. The Morgan fingerprint density at radius 3 is 2.41 bits per heavy atom. The molecule has 1 aliphatic rings. The fraction of sp³-hybridized carbons (Fsp3) is 0.238. The number of hydroxylamine groups is 1. The first-order valence-corrected chi connectivity index (χ1v) is 8.61. The van der Waals surface area contributed by atoms with Crippen LogP contribution >= 0.6 is 0 Å². The summed E-state index contributed by atoms with van der Waals surface area (Å²) in [5.41, 5.74) is 7.14. The van der Waals surface area contributed by atoms with Crippen LogP contribution in [0, 0.1) is 6.92 Å². The lowest BCUT2D eigenvalue weighted by Gasteiger charge is -2.21. The minimum atomic E-state index is -0.712. The molecule has 3 rings (SSSR count). The van der Waals surface area contributed by atoms with E-state index in [2.05, 4.69) is 18.5 Å². The predicted octanol–water partition coefficient (Wildman–Crippen LogP) is 3.04. The normalized spacial score (nSPS) is 16.0. The Kier molecular flexibility index (Phi) is 5.57. The molecule has 1 aliphatic heterocycles.